The highest BCUT2D eigenvalue weighted by Crippen LogP contribution is 2.41. The molecule has 0 bridgehead atoms. The number of amides is 1. The van der Waals surface area contributed by atoms with Gasteiger partial charge in [-0.3, -0.25) is 9.78 Å². The van der Waals surface area contributed by atoms with Gasteiger partial charge in [-0.1, -0.05) is 0 Å². The quantitative estimate of drug-likeness (QED) is 0.815. The molecule has 2 atom stereocenters. The van der Waals surface area contributed by atoms with Gasteiger partial charge in [-0.25, -0.2) is 0 Å². The molecule has 0 radical (unpaired) electrons. The van der Waals surface area contributed by atoms with Crippen molar-refractivity contribution >= 4 is 5.91 Å². The summed E-state index contributed by atoms with van der Waals surface area (Å²) in [6, 6.07) is 3.75. The smallest absolute Gasteiger partial charge is 0.248 e. The molecular formula is C16H22N2O4. The Morgan fingerprint density at radius 2 is 2.50 bits per heavy atom. The summed E-state index contributed by atoms with van der Waals surface area (Å²) >= 11 is 0. The Hall–Kier alpha value is -1.66. The molecule has 1 amide bonds. The molecule has 3 heterocycles. The first-order chi connectivity index (χ1) is 10.7. The van der Waals surface area contributed by atoms with E-state index in [1.807, 2.05) is 17.0 Å². The second kappa shape index (κ2) is 6.62. The van der Waals surface area contributed by atoms with Crippen LogP contribution >= 0.6 is 0 Å². The number of rotatable bonds is 5. The fourth-order valence-electron chi connectivity index (χ4n) is 3.34. The van der Waals surface area contributed by atoms with Crippen LogP contribution in [0.1, 0.15) is 12.8 Å². The van der Waals surface area contributed by atoms with Gasteiger partial charge in [0.15, 0.2) is 0 Å². The lowest BCUT2D eigenvalue weighted by Crippen LogP contribution is -2.54. The van der Waals surface area contributed by atoms with Crippen molar-refractivity contribution in [3.05, 3.63) is 24.5 Å². The first-order valence-corrected chi connectivity index (χ1v) is 7.65. The first kappa shape index (κ1) is 15.2. The molecule has 0 aliphatic carbocycles. The Morgan fingerprint density at radius 3 is 3.27 bits per heavy atom. The zero-order chi connectivity index (χ0) is 15.4. The molecule has 6 heteroatoms. The number of piperidine rings is 1. The Morgan fingerprint density at radius 1 is 1.59 bits per heavy atom. The van der Waals surface area contributed by atoms with Crippen molar-refractivity contribution in [3.8, 4) is 5.75 Å². The molecule has 1 aromatic heterocycles. The fraction of sp³-hybridized carbons (Fsp3) is 0.625. The van der Waals surface area contributed by atoms with Gasteiger partial charge < -0.3 is 19.1 Å². The third-order valence-electron chi connectivity index (χ3n) is 4.55. The summed E-state index contributed by atoms with van der Waals surface area (Å²) in [6.07, 6.45) is 5.35. The highest BCUT2D eigenvalue weighted by molar-refractivity contribution is 5.77. The van der Waals surface area contributed by atoms with Crippen molar-refractivity contribution in [1.29, 1.82) is 0 Å². The maximum Gasteiger partial charge on any atom is 0.248 e. The molecule has 2 aliphatic rings. The van der Waals surface area contributed by atoms with E-state index in [1.165, 1.54) is 0 Å². The van der Waals surface area contributed by atoms with Gasteiger partial charge in [0.05, 0.1) is 24.3 Å². The van der Waals surface area contributed by atoms with E-state index in [1.54, 1.807) is 19.5 Å². The van der Waals surface area contributed by atoms with Crippen LogP contribution in [0, 0.1) is 5.41 Å². The summed E-state index contributed by atoms with van der Waals surface area (Å²) in [7, 11) is 1.55. The third kappa shape index (κ3) is 3.08. The number of carbonyl (C=O) groups excluding carboxylic acids is 1. The van der Waals surface area contributed by atoms with E-state index >= 15 is 0 Å². The van der Waals surface area contributed by atoms with Crippen molar-refractivity contribution < 1.29 is 19.0 Å². The van der Waals surface area contributed by atoms with Crippen LogP contribution in [0.2, 0.25) is 0 Å². The van der Waals surface area contributed by atoms with Crippen molar-refractivity contribution in [3.63, 3.8) is 0 Å². The van der Waals surface area contributed by atoms with Gasteiger partial charge in [-0.2, -0.15) is 0 Å². The Balaban J connectivity index is 1.68. The zero-order valence-corrected chi connectivity index (χ0v) is 12.9. The van der Waals surface area contributed by atoms with Crippen LogP contribution in [0.3, 0.4) is 0 Å². The number of methoxy groups -OCH3 is 1. The number of likely N-dealkylation sites (tertiary alicyclic amines) is 1. The minimum atomic E-state index is -0.127. The lowest BCUT2D eigenvalue weighted by Gasteiger charge is -2.43. The predicted molar refractivity (Wildman–Crippen MR) is 79.6 cm³/mol. The van der Waals surface area contributed by atoms with E-state index in [0.717, 1.165) is 31.7 Å². The molecule has 1 aromatic rings. The molecule has 22 heavy (non-hydrogen) atoms. The van der Waals surface area contributed by atoms with Crippen LogP contribution in [-0.2, 0) is 14.3 Å². The summed E-state index contributed by atoms with van der Waals surface area (Å²) in [5, 5.41) is 0. The molecule has 2 aliphatic heterocycles. The van der Waals surface area contributed by atoms with Crippen LogP contribution < -0.4 is 4.74 Å². The minimum absolute atomic E-state index is 0.0357. The maximum absolute atomic E-state index is 12.1. The molecule has 6 nitrogen and oxygen atoms in total. The van der Waals surface area contributed by atoms with Crippen LogP contribution in [0.5, 0.6) is 5.75 Å². The van der Waals surface area contributed by atoms with E-state index in [2.05, 4.69) is 4.98 Å². The van der Waals surface area contributed by atoms with E-state index in [4.69, 9.17) is 14.2 Å². The largest absolute Gasteiger partial charge is 0.491 e. The highest BCUT2D eigenvalue weighted by atomic mass is 16.5. The number of carbonyl (C=O) groups is 1. The Kier molecular flexibility index (Phi) is 4.59. The van der Waals surface area contributed by atoms with Crippen molar-refractivity contribution in [1.82, 2.24) is 9.88 Å². The van der Waals surface area contributed by atoms with Crippen molar-refractivity contribution in [2.45, 2.75) is 18.9 Å². The Labute approximate surface area is 130 Å². The topological polar surface area (TPSA) is 60.9 Å². The van der Waals surface area contributed by atoms with Crippen LogP contribution in [0.4, 0.5) is 0 Å². The molecule has 2 saturated heterocycles. The van der Waals surface area contributed by atoms with Crippen LogP contribution in [-0.4, -0.2) is 61.9 Å². The summed E-state index contributed by atoms with van der Waals surface area (Å²) in [5.74, 6) is 0.788. The number of hydrogen-bond donors (Lipinski definition) is 0. The van der Waals surface area contributed by atoms with Gasteiger partial charge in [0.2, 0.25) is 5.91 Å². The molecule has 0 N–H and O–H groups in total. The summed E-state index contributed by atoms with van der Waals surface area (Å²) < 4.78 is 16.8. The predicted octanol–water partition coefficient (Wildman–Crippen LogP) is 1.11. The zero-order valence-electron chi connectivity index (χ0n) is 12.9. The molecule has 0 spiro atoms. The standard InChI is InChI=1S/C16H22N2O4/c1-20-10-15(19)18-7-4-14-16(11-18,5-8-21-14)12-22-13-3-2-6-17-9-13/h2-3,6,9,14H,4-5,7-8,10-12H2,1H3/t14-,16+/m0/s1. The van der Waals surface area contributed by atoms with Gasteiger partial charge in [0.25, 0.3) is 0 Å². The number of ether oxygens (including phenoxy) is 3. The molecule has 120 valence electrons. The van der Waals surface area contributed by atoms with Crippen LogP contribution in [0.25, 0.3) is 0 Å². The molecule has 0 unspecified atom stereocenters. The molecular weight excluding hydrogens is 284 g/mol. The van der Waals surface area contributed by atoms with Gasteiger partial charge in [-0.05, 0) is 25.0 Å². The number of pyridine rings is 1. The van der Waals surface area contributed by atoms with Crippen LogP contribution in [0.15, 0.2) is 24.5 Å². The van der Waals surface area contributed by atoms with E-state index in [9.17, 15) is 4.79 Å². The number of hydrogen-bond acceptors (Lipinski definition) is 5. The van der Waals surface area contributed by atoms with Crippen molar-refractivity contribution in [2.75, 3.05) is 40.0 Å². The second-order valence-corrected chi connectivity index (χ2v) is 5.99. The SMILES string of the molecule is COCC(=O)N1CC[C@@H]2OCC[C@]2(COc2cccnc2)C1. The normalized spacial score (nSPS) is 27.5. The molecule has 0 aromatic carbocycles. The lowest BCUT2D eigenvalue weighted by atomic mass is 9.77. The van der Waals surface area contributed by atoms with E-state index in [0.29, 0.717) is 13.2 Å². The van der Waals surface area contributed by atoms with Gasteiger partial charge >= 0.3 is 0 Å². The second-order valence-electron chi connectivity index (χ2n) is 5.99. The molecule has 2 fully saturated rings. The average molecular weight is 306 g/mol. The van der Waals surface area contributed by atoms with E-state index in [-0.39, 0.29) is 24.0 Å². The summed E-state index contributed by atoms with van der Waals surface area (Å²) in [5.41, 5.74) is -0.127. The average Bonchev–Trinajstić information content (AvgIpc) is 2.97. The van der Waals surface area contributed by atoms with Gasteiger partial charge in [0.1, 0.15) is 12.4 Å². The molecule has 3 rings (SSSR count). The minimum Gasteiger partial charge on any atom is -0.491 e. The first-order valence-electron chi connectivity index (χ1n) is 7.65. The van der Waals surface area contributed by atoms with Gasteiger partial charge in [-0.15, -0.1) is 0 Å². The molecule has 0 saturated carbocycles. The lowest BCUT2D eigenvalue weighted by molar-refractivity contribution is -0.142. The number of aromatic nitrogens is 1. The number of nitrogens with zero attached hydrogens (tertiary/aromatic N) is 2. The third-order valence-corrected chi connectivity index (χ3v) is 4.55. The highest BCUT2D eigenvalue weighted by Gasteiger charge is 2.49. The monoisotopic (exact) mass is 306 g/mol. The van der Waals surface area contributed by atoms with E-state index < -0.39 is 0 Å². The maximum atomic E-state index is 12.1. The van der Waals surface area contributed by atoms with Crippen molar-refractivity contribution in [2.24, 2.45) is 5.41 Å². The number of fused-ring (bicyclic) bond motifs is 1. The summed E-state index contributed by atoms with van der Waals surface area (Å²) in [4.78, 5) is 18.1. The fourth-order valence-corrected chi connectivity index (χ4v) is 3.34. The Bertz CT molecular complexity index is 510. The van der Waals surface area contributed by atoms with Gasteiger partial charge in [0, 0.05) is 33.0 Å². The summed E-state index contributed by atoms with van der Waals surface area (Å²) in [6.45, 7) is 2.79.